The third-order valence-electron chi connectivity index (χ3n) is 4.71. The van der Waals surface area contributed by atoms with Crippen LogP contribution in [0.3, 0.4) is 0 Å². The number of aromatic nitrogens is 2. The second-order valence-corrected chi connectivity index (χ2v) is 7.31. The van der Waals surface area contributed by atoms with Gasteiger partial charge in [-0.05, 0) is 36.5 Å². The van der Waals surface area contributed by atoms with Crippen LogP contribution in [0.25, 0.3) is 21.3 Å². The minimum absolute atomic E-state index is 0.715. The van der Waals surface area contributed by atoms with Crippen LogP contribution >= 0.6 is 11.3 Å². The van der Waals surface area contributed by atoms with Crippen LogP contribution in [-0.4, -0.2) is 30.2 Å². The van der Waals surface area contributed by atoms with Crippen molar-refractivity contribution in [2.24, 2.45) is 5.92 Å². The van der Waals surface area contributed by atoms with Crippen LogP contribution in [-0.2, 0) is 0 Å². The summed E-state index contributed by atoms with van der Waals surface area (Å²) in [6.45, 7) is 4.47. The van der Waals surface area contributed by atoms with Gasteiger partial charge in [-0.1, -0.05) is 19.1 Å². The molecular weight excluding hydrogens is 318 g/mol. The number of hydrogen-bond acceptors (Lipinski definition) is 5. The van der Waals surface area contributed by atoms with Crippen LogP contribution in [0.15, 0.2) is 36.0 Å². The fourth-order valence-electron chi connectivity index (χ4n) is 3.46. The normalized spacial score (nSPS) is 18.1. The summed E-state index contributed by atoms with van der Waals surface area (Å²) in [6, 6.07) is 8.22. The molecule has 1 unspecified atom stereocenters. The van der Waals surface area contributed by atoms with Crippen molar-refractivity contribution in [2.45, 2.75) is 19.8 Å². The van der Waals surface area contributed by atoms with E-state index in [9.17, 15) is 0 Å². The lowest BCUT2D eigenvalue weighted by atomic mass is 9.99. The van der Waals surface area contributed by atoms with Gasteiger partial charge in [0.15, 0.2) is 0 Å². The molecule has 2 aromatic heterocycles. The molecule has 3 heterocycles. The average Bonchev–Trinajstić information content (AvgIpc) is 3.06. The van der Waals surface area contributed by atoms with Gasteiger partial charge in [-0.3, -0.25) is 0 Å². The van der Waals surface area contributed by atoms with Gasteiger partial charge in [0, 0.05) is 24.0 Å². The van der Waals surface area contributed by atoms with E-state index in [4.69, 9.17) is 4.74 Å². The van der Waals surface area contributed by atoms with E-state index < -0.39 is 0 Å². The highest BCUT2D eigenvalue weighted by Crippen LogP contribution is 2.39. The summed E-state index contributed by atoms with van der Waals surface area (Å²) in [4.78, 5) is 12.6. The Bertz CT molecular complexity index is 843. The molecule has 1 atom stereocenters. The van der Waals surface area contributed by atoms with Gasteiger partial charge < -0.3 is 9.64 Å². The highest BCUT2D eigenvalue weighted by Gasteiger charge is 2.22. The van der Waals surface area contributed by atoms with Crippen molar-refractivity contribution in [3.05, 3.63) is 36.0 Å². The summed E-state index contributed by atoms with van der Waals surface area (Å²) >= 11 is 1.69. The first-order valence-corrected chi connectivity index (χ1v) is 9.26. The zero-order valence-electron chi connectivity index (χ0n) is 14.0. The Balaban J connectivity index is 1.81. The minimum atomic E-state index is 0.715. The molecule has 0 radical (unpaired) electrons. The fraction of sp³-hybridized carbons (Fsp3) is 0.368. The third-order valence-corrected chi connectivity index (χ3v) is 5.59. The molecule has 24 heavy (non-hydrogen) atoms. The van der Waals surface area contributed by atoms with Gasteiger partial charge in [0.2, 0.25) is 0 Å². The number of methoxy groups -OCH3 is 1. The molecule has 0 bridgehead atoms. The Morgan fingerprint density at radius 2 is 2.04 bits per heavy atom. The number of rotatable bonds is 3. The summed E-state index contributed by atoms with van der Waals surface area (Å²) in [6.07, 6.45) is 4.24. The molecule has 0 amide bonds. The van der Waals surface area contributed by atoms with E-state index in [1.807, 2.05) is 12.1 Å². The summed E-state index contributed by atoms with van der Waals surface area (Å²) in [5.74, 6) is 2.67. The standard InChI is InChI=1S/C19H21N3OS/c1-13-4-3-9-22(10-13)18-17-16(11-24-19(17)21-12-20-18)14-5-7-15(23-2)8-6-14/h5-8,11-13H,3-4,9-10H2,1-2H3. The van der Waals surface area contributed by atoms with E-state index in [0.29, 0.717) is 5.92 Å². The summed E-state index contributed by atoms with van der Waals surface area (Å²) in [5.41, 5.74) is 2.40. The molecule has 1 saturated heterocycles. The first kappa shape index (κ1) is 15.4. The second-order valence-electron chi connectivity index (χ2n) is 6.45. The van der Waals surface area contributed by atoms with Crippen molar-refractivity contribution >= 4 is 27.4 Å². The van der Waals surface area contributed by atoms with Crippen molar-refractivity contribution in [3.63, 3.8) is 0 Å². The Morgan fingerprint density at radius 1 is 1.21 bits per heavy atom. The number of thiophene rings is 1. The predicted molar refractivity (Wildman–Crippen MR) is 100 cm³/mol. The number of ether oxygens (including phenoxy) is 1. The number of fused-ring (bicyclic) bond motifs is 1. The summed E-state index contributed by atoms with van der Waals surface area (Å²) < 4.78 is 5.27. The van der Waals surface area contributed by atoms with E-state index in [1.165, 1.54) is 29.4 Å². The van der Waals surface area contributed by atoms with Crippen molar-refractivity contribution in [3.8, 4) is 16.9 Å². The van der Waals surface area contributed by atoms with Crippen LogP contribution in [0.5, 0.6) is 5.75 Å². The van der Waals surface area contributed by atoms with E-state index in [0.717, 1.165) is 29.5 Å². The van der Waals surface area contributed by atoms with E-state index in [1.54, 1.807) is 24.8 Å². The molecular formula is C19H21N3OS. The monoisotopic (exact) mass is 339 g/mol. The van der Waals surface area contributed by atoms with Gasteiger partial charge in [0.25, 0.3) is 0 Å². The highest BCUT2D eigenvalue weighted by atomic mass is 32.1. The molecule has 4 nitrogen and oxygen atoms in total. The SMILES string of the molecule is COc1ccc(-c2csc3ncnc(N4CCCC(C)C4)c23)cc1. The largest absolute Gasteiger partial charge is 0.497 e. The summed E-state index contributed by atoms with van der Waals surface area (Å²) in [7, 11) is 1.69. The van der Waals surface area contributed by atoms with Gasteiger partial charge in [0.1, 0.15) is 22.7 Å². The van der Waals surface area contributed by atoms with Crippen LogP contribution < -0.4 is 9.64 Å². The van der Waals surface area contributed by atoms with Crippen LogP contribution in [0.1, 0.15) is 19.8 Å². The van der Waals surface area contributed by atoms with Gasteiger partial charge in [-0.15, -0.1) is 11.3 Å². The van der Waals surface area contributed by atoms with Gasteiger partial charge in [0.05, 0.1) is 12.5 Å². The maximum absolute atomic E-state index is 5.27. The zero-order chi connectivity index (χ0) is 16.5. The Labute approximate surface area is 146 Å². The number of benzene rings is 1. The topological polar surface area (TPSA) is 38.3 Å². The van der Waals surface area contributed by atoms with E-state index >= 15 is 0 Å². The van der Waals surface area contributed by atoms with Gasteiger partial charge in [-0.2, -0.15) is 0 Å². The number of anilines is 1. The van der Waals surface area contributed by atoms with E-state index in [2.05, 4.69) is 39.3 Å². The maximum atomic E-state index is 5.27. The molecule has 1 fully saturated rings. The van der Waals surface area contributed by atoms with Crippen LogP contribution in [0.2, 0.25) is 0 Å². The molecule has 0 spiro atoms. The second kappa shape index (κ2) is 6.40. The molecule has 3 aromatic rings. The lowest BCUT2D eigenvalue weighted by molar-refractivity contribution is 0.415. The van der Waals surface area contributed by atoms with E-state index in [-0.39, 0.29) is 0 Å². The summed E-state index contributed by atoms with van der Waals surface area (Å²) in [5, 5.41) is 3.37. The molecule has 0 aliphatic carbocycles. The Hall–Kier alpha value is -2.14. The van der Waals surface area contributed by atoms with Crippen LogP contribution in [0.4, 0.5) is 5.82 Å². The van der Waals surface area contributed by atoms with Crippen molar-refractivity contribution in [1.29, 1.82) is 0 Å². The quantitative estimate of drug-likeness (QED) is 0.699. The lowest BCUT2D eigenvalue weighted by Gasteiger charge is -2.32. The maximum Gasteiger partial charge on any atom is 0.141 e. The Morgan fingerprint density at radius 3 is 2.79 bits per heavy atom. The molecule has 0 N–H and O–H groups in total. The minimum Gasteiger partial charge on any atom is -0.497 e. The molecule has 5 heteroatoms. The van der Waals surface area contributed by atoms with Gasteiger partial charge in [-0.25, -0.2) is 9.97 Å². The lowest BCUT2D eigenvalue weighted by Crippen LogP contribution is -2.34. The molecule has 4 rings (SSSR count). The zero-order valence-corrected chi connectivity index (χ0v) is 14.8. The predicted octanol–water partition coefficient (Wildman–Crippen LogP) is 4.60. The van der Waals surface area contributed by atoms with Crippen molar-refractivity contribution in [1.82, 2.24) is 9.97 Å². The first-order valence-electron chi connectivity index (χ1n) is 8.38. The Kier molecular flexibility index (Phi) is 4.10. The third kappa shape index (κ3) is 2.73. The van der Waals surface area contributed by atoms with Crippen molar-refractivity contribution in [2.75, 3.05) is 25.1 Å². The molecule has 1 aromatic carbocycles. The molecule has 1 aliphatic rings. The first-order chi connectivity index (χ1) is 11.8. The van der Waals surface area contributed by atoms with Crippen molar-refractivity contribution < 1.29 is 4.74 Å². The molecule has 1 aliphatic heterocycles. The number of piperidine rings is 1. The molecule has 0 saturated carbocycles. The highest BCUT2D eigenvalue weighted by molar-refractivity contribution is 7.17. The number of nitrogens with zero attached hydrogens (tertiary/aromatic N) is 3. The smallest absolute Gasteiger partial charge is 0.141 e. The van der Waals surface area contributed by atoms with Crippen LogP contribution in [0, 0.1) is 5.92 Å². The number of hydrogen-bond donors (Lipinski definition) is 0. The fourth-order valence-corrected chi connectivity index (χ4v) is 4.37. The molecule has 124 valence electrons. The average molecular weight is 339 g/mol. The van der Waals surface area contributed by atoms with Gasteiger partial charge >= 0.3 is 0 Å².